The van der Waals surface area contributed by atoms with Crippen LogP contribution in [0.4, 0.5) is 4.39 Å². The van der Waals surface area contributed by atoms with Crippen LogP contribution in [-0.4, -0.2) is 77.0 Å². The normalized spacial score (nSPS) is 13.1. The maximum Gasteiger partial charge on any atom is 0.246 e. The fraction of sp³-hybridized carbons (Fsp3) is 0.439. The van der Waals surface area contributed by atoms with E-state index in [0.717, 1.165) is 29.5 Å². The summed E-state index contributed by atoms with van der Waals surface area (Å²) in [5.74, 6) is -1.54. The Balaban J connectivity index is 2.00. The summed E-state index contributed by atoms with van der Waals surface area (Å²) >= 11 is 0. The SMILES string of the molecule is CCN(C(=O)/C=C/CC(N)(CC)CC)[C@H](Cc1ccc(-c2ccccc2)cc1)C(=O)N(C)[C@H](Cc1ccc(F)cc1)C(=O)NCC(C)(C)CO. The second-order valence-corrected chi connectivity index (χ2v) is 13.9. The van der Waals surface area contributed by atoms with Crippen LogP contribution in [0.2, 0.25) is 0 Å². The lowest BCUT2D eigenvalue weighted by atomic mass is 9.90. The Morgan fingerprint density at radius 1 is 0.860 bits per heavy atom. The van der Waals surface area contributed by atoms with Crippen molar-refractivity contribution in [2.45, 2.75) is 84.3 Å². The van der Waals surface area contributed by atoms with E-state index in [1.54, 1.807) is 25.3 Å². The molecule has 0 saturated heterocycles. The van der Waals surface area contributed by atoms with Gasteiger partial charge in [-0.05, 0) is 66.6 Å². The molecular weight excluding hydrogens is 631 g/mol. The molecule has 0 aliphatic carbocycles. The second-order valence-electron chi connectivity index (χ2n) is 13.9. The first kappa shape index (κ1) is 40.1. The maximum absolute atomic E-state index is 14.6. The highest BCUT2D eigenvalue weighted by Crippen LogP contribution is 2.23. The van der Waals surface area contributed by atoms with Gasteiger partial charge >= 0.3 is 0 Å². The third-order valence-corrected chi connectivity index (χ3v) is 9.60. The molecule has 4 N–H and O–H groups in total. The monoisotopic (exact) mass is 686 g/mol. The van der Waals surface area contributed by atoms with Crippen molar-refractivity contribution in [2.75, 3.05) is 26.7 Å². The van der Waals surface area contributed by atoms with E-state index < -0.39 is 40.7 Å². The van der Waals surface area contributed by atoms with Crippen molar-refractivity contribution in [1.29, 1.82) is 0 Å². The number of benzene rings is 3. The number of hydrogen-bond donors (Lipinski definition) is 3. The number of nitrogens with zero attached hydrogens (tertiary/aromatic N) is 2. The number of rotatable bonds is 18. The highest BCUT2D eigenvalue weighted by atomic mass is 19.1. The fourth-order valence-corrected chi connectivity index (χ4v) is 5.71. The van der Waals surface area contributed by atoms with E-state index in [1.807, 2.05) is 89.2 Å². The number of amides is 3. The molecular formula is C41H55FN4O4. The fourth-order valence-electron chi connectivity index (χ4n) is 5.71. The van der Waals surface area contributed by atoms with E-state index >= 15 is 0 Å². The van der Waals surface area contributed by atoms with Gasteiger partial charge in [0.15, 0.2) is 0 Å². The molecule has 0 fully saturated rings. The molecule has 3 aromatic carbocycles. The zero-order valence-electron chi connectivity index (χ0n) is 30.5. The van der Waals surface area contributed by atoms with Crippen molar-refractivity contribution in [1.82, 2.24) is 15.1 Å². The van der Waals surface area contributed by atoms with Crippen LogP contribution in [0.15, 0.2) is 91.0 Å². The van der Waals surface area contributed by atoms with Gasteiger partial charge in [-0.3, -0.25) is 14.4 Å². The first-order chi connectivity index (χ1) is 23.8. The number of carbonyl (C=O) groups is 3. The number of hydrogen-bond acceptors (Lipinski definition) is 5. The van der Waals surface area contributed by atoms with Crippen LogP contribution >= 0.6 is 0 Å². The lowest BCUT2D eigenvalue weighted by molar-refractivity contribution is -0.147. The van der Waals surface area contributed by atoms with Gasteiger partial charge in [-0.1, -0.05) is 101 Å². The van der Waals surface area contributed by atoms with Crippen LogP contribution in [-0.2, 0) is 27.2 Å². The first-order valence-corrected chi connectivity index (χ1v) is 17.6. The third-order valence-electron chi connectivity index (χ3n) is 9.60. The largest absolute Gasteiger partial charge is 0.396 e. The predicted molar refractivity (Wildman–Crippen MR) is 199 cm³/mol. The molecule has 0 aliphatic heterocycles. The van der Waals surface area contributed by atoms with E-state index in [-0.39, 0.29) is 38.4 Å². The molecule has 0 unspecified atom stereocenters. The van der Waals surface area contributed by atoms with Gasteiger partial charge in [0, 0.05) is 50.5 Å². The highest BCUT2D eigenvalue weighted by molar-refractivity contribution is 5.95. The zero-order chi connectivity index (χ0) is 36.9. The van der Waals surface area contributed by atoms with Gasteiger partial charge in [0.2, 0.25) is 17.7 Å². The molecule has 2 atom stereocenters. The molecule has 0 aliphatic rings. The van der Waals surface area contributed by atoms with Crippen molar-refractivity contribution in [3.8, 4) is 11.1 Å². The van der Waals surface area contributed by atoms with Crippen LogP contribution in [0.25, 0.3) is 11.1 Å². The second kappa shape index (κ2) is 18.6. The Hall–Kier alpha value is -4.34. The average Bonchev–Trinajstić information content (AvgIpc) is 3.13. The molecule has 0 saturated carbocycles. The van der Waals surface area contributed by atoms with Gasteiger partial charge in [0.05, 0.1) is 0 Å². The Morgan fingerprint density at radius 3 is 1.94 bits per heavy atom. The van der Waals surface area contributed by atoms with Crippen LogP contribution in [0.1, 0.15) is 65.0 Å². The van der Waals surface area contributed by atoms with Gasteiger partial charge < -0.3 is 26.0 Å². The Kier molecular flexibility index (Phi) is 14.9. The molecule has 8 nitrogen and oxygen atoms in total. The third kappa shape index (κ3) is 11.4. The number of aliphatic hydroxyl groups is 1. The summed E-state index contributed by atoms with van der Waals surface area (Å²) in [5.41, 5.74) is 9.10. The van der Waals surface area contributed by atoms with Crippen LogP contribution < -0.4 is 11.1 Å². The molecule has 3 amide bonds. The summed E-state index contributed by atoms with van der Waals surface area (Å²) in [6, 6.07) is 21.8. The van der Waals surface area contributed by atoms with E-state index in [4.69, 9.17) is 5.73 Å². The number of nitrogens with one attached hydrogen (secondary N) is 1. The first-order valence-electron chi connectivity index (χ1n) is 17.6. The van der Waals surface area contributed by atoms with E-state index in [2.05, 4.69) is 5.32 Å². The van der Waals surface area contributed by atoms with Crippen LogP contribution in [0, 0.1) is 11.2 Å². The molecule has 3 aromatic rings. The van der Waals surface area contributed by atoms with E-state index in [9.17, 15) is 23.9 Å². The maximum atomic E-state index is 14.6. The lowest BCUT2D eigenvalue weighted by Crippen LogP contribution is -2.57. The minimum atomic E-state index is -0.971. The molecule has 0 bridgehead atoms. The Bertz CT molecular complexity index is 1550. The van der Waals surface area contributed by atoms with Gasteiger partial charge in [-0.2, -0.15) is 0 Å². The quantitative estimate of drug-likeness (QED) is 0.144. The van der Waals surface area contributed by atoms with Crippen molar-refractivity contribution in [2.24, 2.45) is 11.1 Å². The van der Waals surface area contributed by atoms with E-state index in [1.165, 1.54) is 28.0 Å². The number of carbonyl (C=O) groups excluding carboxylic acids is 3. The van der Waals surface area contributed by atoms with Gasteiger partial charge in [-0.15, -0.1) is 0 Å². The highest BCUT2D eigenvalue weighted by Gasteiger charge is 2.36. The molecule has 9 heteroatoms. The molecule has 50 heavy (non-hydrogen) atoms. The number of aliphatic hydroxyl groups excluding tert-OH is 1. The molecule has 0 aromatic heterocycles. The molecule has 270 valence electrons. The Morgan fingerprint density at radius 2 is 1.40 bits per heavy atom. The summed E-state index contributed by atoms with van der Waals surface area (Å²) in [4.78, 5) is 45.1. The summed E-state index contributed by atoms with van der Waals surface area (Å²) < 4.78 is 13.8. The summed E-state index contributed by atoms with van der Waals surface area (Å²) in [7, 11) is 1.57. The van der Waals surface area contributed by atoms with Crippen molar-refractivity contribution in [3.05, 3.63) is 108 Å². The Labute approximate surface area is 297 Å². The van der Waals surface area contributed by atoms with Crippen LogP contribution in [0.3, 0.4) is 0 Å². The predicted octanol–water partition coefficient (Wildman–Crippen LogP) is 5.92. The minimum Gasteiger partial charge on any atom is -0.396 e. The molecule has 0 heterocycles. The van der Waals surface area contributed by atoms with Crippen molar-refractivity contribution in [3.63, 3.8) is 0 Å². The van der Waals surface area contributed by atoms with Crippen LogP contribution in [0.5, 0.6) is 0 Å². The van der Waals surface area contributed by atoms with Crippen molar-refractivity contribution >= 4 is 17.7 Å². The lowest BCUT2D eigenvalue weighted by Gasteiger charge is -2.36. The number of likely N-dealkylation sites (N-methyl/N-ethyl adjacent to an activating group) is 2. The summed E-state index contributed by atoms with van der Waals surface area (Å²) in [6.45, 7) is 9.82. The summed E-state index contributed by atoms with van der Waals surface area (Å²) in [6.07, 6.45) is 5.67. The van der Waals surface area contributed by atoms with Crippen molar-refractivity contribution < 1.29 is 23.9 Å². The topological polar surface area (TPSA) is 116 Å². The molecule has 0 spiro atoms. The van der Waals surface area contributed by atoms with E-state index in [0.29, 0.717) is 12.0 Å². The average molecular weight is 687 g/mol. The molecule has 3 rings (SSSR count). The van der Waals surface area contributed by atoms with Gasteiger partial charge in [0.25, 0.3) is 0 Å². The van der Waals surface area contributed by atoms with Gasteiger partial charge in [-0.25, -0.2) is 4.39 Å². The minimum absolute atomic E-state index is 0.124. The standard InChI is InChI=1S/C41H55FN4O4/c1-7-41(43,8-2)25-13-16-37(48)46(9-3)36(27-30-17-21-33(22-18-30)32-14-11-10-12-15-32)39(50)45(6)35(26-31-19-23-34(42)24-20-31)38(49)44-28-40(4,5)29-47/h10-24,35-36,47H,7-9,25-29,43H2,1-6H3,(H,44,49)/b16-13+/t35-,36-/m1/s1. The summed E-state index contributed by atoms with van der Waals surface area (Å²) in [5, 5.41) is 12.7. The smallest absolute Gasteiger partial charge is 0.246 e. The molecule has 0 radical (unpaired) electrons. The van der Waals surface area contributed by atoms with Gasteiger partial charge in [0.1, 0.15) is 17.9 Å². The number of nitrogens with two attached hydrogens (primary N) is 1. The number of halogens is 1. The zero-order valence-corrected chi connectivity index (χ0v) is 30.5.